The van der Waals surface area contributed by atoms with Gasteiger partial charge in [-0.3, -0.25) is 14.5 Å². The second-order valence-electron chi connectivity index (χ2n) is 20.6. The highest BCUT2D eigenvalue weighted by atomic mass is 16.7. The van der Waals surface area contributed by atoms with E-state index in [1.807, 2.05) is 45.0 Å². The molecule has 3 heterocycles. The molecule has 8 aliphatic rings. The maximum absolute atomic E-state index is 14.9. The number of benzene rings is 1. The highest BCUT2D eigenvalue weighted by Gasteiger charge is 2.67. The van der Waals surface area contributed by atoms with E-state index >= 15 is 0 Å². The van der Waals surface area contributed by atoms with Crippen LogP contribution in [-0.4, -0.2) is 89.9 Å². The van der Waals surface area contributed by atoms with Gasteiger partial charge in [-0.05, 0) is 84.7 Å². The van der Waals surface area contributed by atoms with Crippen LogP contribution in [0, 0.1) is 34.5 Å². The quantitative estimate of drug-likeness (QED) is 0.248. The van der Waals surface area contributed by atoms with Crippen LogP contribution in [0.3, 0.4) is 0 Å². The molecule has 57 heavy (non-hydrogen) atoms. The fourth-order valence-corrected chi connectivity index (χ4v) is 11.1. The average molecular weight is 789 g/mol. The van der Waals surface area contributed by atoms with Crippen molar-refractivity contribution in [3.05, 3.63) is 35.4 Å². The minimum Gasteiger partial charge on any atom is -0.449 e. The van der Waals surface area contributed by atoms with Crippen LogP contribution in [0.4, 0.5) is 9.59 Å². The molecule has 0 aromatic heterocycles. The number of hydrogen-bond donors (Lipinski definition) is 2. The Morgan fingerprint density at radius 2 is 1.65 bits per heavy atom. The van der Waals surface area contributed by atoms with Gasteiger partial charge in [-0.15, -0.1) is 0 Å². The predicted octanol–water partition coefficient (Wildman–Crippen LogP) is 6.77. The molecule has 8 unspecified atom stereocenters. The van der Waals surface area contributed by atoms with Gasteiger partial charge in [-0.25, -0.2) is 9.59 Å². The molecule has 2 bridgehead atoms. The maximum Gasteiger partial charge on any atom is 0.481 e. The van der Waals surface area contributed by atoms with Crippen LogP contribution in [0.1, 0.15) is 130 Å². The SMILES string of the molecule is CC(C)(C)COC(=O)NC(C(=O)N1CC(OC(=O)N2Cc3ccccc3C2)CC1C(=O)NC(CC1CCC1)B1OC2C3CC(CC2(C)O1)C3(C)C)C1CCCCC1. The standard InChI is InChI=1S/C44H65BN4O8/c1-42(2,3)26-54-40(52)47-36(28-15-8-7-9-16-28)39(51)49-25-32(55-41(53)48-23-29-17-10-11-18-30(29)24-48)21-34(49)38(50)46-35(19-27-13-12-14-27)45-56-37-33-20-31(43(33,4)5)22-44(37,6)57-45/h10-11,17-18,27-28,31-37H,7-9,12-16,19-26H2,1-6H3,(H,46,50)(H,47,52). The summed E-state index contributed by atoms with van der Waals surface area (Å²) in [6.07, 6.45) is 9.05. The molecule has 1 aromatic carbocycles. The molecule has 12 nitrogen and oxygen atoms in total. The highest BCUT2D eigenvalue weighted by Crippen LogP contribution is 2.64. The van der Waals surface area contributed by atoms with Gasteiger partial charge in [0.2, 0.25) is 11.8 Å². The molecule has 13 heteroatoms. The van der Waals surface area contributed by atoms with Gasteiger partial charge in [0.25, 0.3) is 0 Å². The van der Waals surface area contributed by atoms with E-state index in [0.717, 1.165) is 75.3 Å². The Morgan fingerprint density at radius 3 is 2.28 bits per heavy atom. The number of ether oxygens (including phenoxy) is 2. The summed E-state index contributed by atoms with van der Waals surface area (Å²) in [4.78, 5) is 59.8. The van der Waals surface area contributed by atoms with Gasteiger partial charge in [0.15, 0.2) is 0 Å². The number of carbonyl (C=O) groups is 4. The van der Waals surface area contributed by atoms with E-state index in [0.29, 0.717) is 30.8 Å². The summed E-state index contributed by atoms with van der Waals surface area (Å²) in [6.45, 7) is 13.9. The largest absolute Gasteiger partial charge is 0.481 e. The lowest BCUT2D eigenvalue weighted by Crippen LogP contribution is -2.63. The number of alkyl carbamates (subject to hydrolysis) is 1. The van der Waals surface area contributed by atoms with Gasteiger partial charge >= 0.3 is 19.3 Å². The van der Waals surface area contributed by atoms with Gasteiger partial charge in [0.1, 0.15) is 18.2 Å². The van der Waals surface area contributed by atoms with Crippen LogP contribution >= 0.6 is 0 Å². The molecule has 5 aliphatic carbocycles. The van der Waals surface area contributed by atoms with Crippen molar-refractivity contribution in [1.29, 1.82) is 0 Å². The molecule has 2 saturated heterocycles. The first kappa shape index (κ1) is 40.5. The van der Waals surface area contributed by atoms with Crippen molar-refractivity contribution in [3.63, 3.8) is 0 Å². The van der Waals surface area contributed by atoms with Crippen molar-refractivity contribution in [2.75, 3.05) is 13.2 Å². The summed E-state index contributed by atoms with van der Waals surface area (Å²) in [5.74, 6) is 0.310. The first-order chi connectivity index (χ1) is 27.1. The van der Waals surface area contributed by atoms with Crippen molar-refractivity contribution in [2.45, 2.75) is 168 Å². The summed E-state index contributed by atoms with van der Waals surface area (Å²) in [6, 6.07) is 6.16. The third-order valence-electron chi connectivity index (χ3n) is 14.8. The van der Waals surface area contributed by atoms with Gasteiger partial charge in [0, 0.05) is 19.5 Å². The Labute approximate surface area is 339 Å². The van der Waals surface area contributed by atoms with Crippen LogP contribution in [0.15, 0.2) is 24.3 Å². The molecular formula is C44H65BN4O8. The number of amides is 4. The fourth-order valence-electron chi connectivity index (χ4n) is 11.1. The summed E-state index contributed by atoms with van der Waals surface area (Å²) in [5.41, 5.74) is 1.71. The number of nitrogens with one attached hydrogen (secondary N) is 2. The Hall–Kier alpha value is -3.32. The van der Waals surface area contributed by atoms with E-state index < -0.39 is 49.0 Å². The summed E-state index contributed by atoms with van der Waals surface area (Å²) in [5, 5.41) is 6.29. The molecule has 9 rings (SSSR count). The van der Waals surface area contributed by atoms with Crippen LogP contribution < -0.4 is 10.6 Å². The van der Waals surface area contributed by atoms with Crippen LogP contribution in [0.25, 0.3) is 0 Å². The zero-order valence-corrected chi connectivity index (χ0v) is 35.1. The van der Waals surface area contributed by atoms with E-state index in [1.54, 1.807) is 9.80 Å². The van der Waals surface area contributed by atoms with E-state index in [2.05, 4.69) is 31.4 Å². The van der Waals surface area contributed by atoms with E-state index in [9.17, 15) is 19.2 Å². The first-order valence-electron chi connectivity index (χ1n) is 22.0. The minimum atomic E-state index is -0.917. The lowest BCUT2D eigenvalue weighted by atomic mass is 9.45. The Bertz CT molecular complexity index is 1670. The van der Waals surface area contributed by atoms with Crippen molar-refractivity contribution >= 4 is 31.1 Å². The zero-order chi connectivity index (χ0) is 40.3. The topological polar surface area (TPSA) is 136 Å². The van der Waals surface area contributed by atoms with Crippen molar-refractivity contribution < 1.29 is 38.0 Å². The Kier molecular flexibility index (Phi) is 11.1. The molecule has 7 fully saturated rings. The van der Waals surface area contributed by atoms with Gasteiger partial charge in [0.05, 0.1) is 30.8 Å². The number of fused-ring (bicyclic) bond motifs is 1. The third-order valence-corrected chi connectivity index (χ3v) is 14.8. The number of nitrogens with zero attached hydrogens (tertiary/aromatic N) is 2. The van der Waals surface area contributed by atoms with Crippen molar-refractivity contribution in [2.24, 2.45) is 34.5 Å². The van der Waals surface area contributed by atoms with Crippen LogP contribution in [0.5, 0.6) is 0 Å². The molecule has 2 N–H and O–H groups in total. The second kappa shape index (κ2) is 15.7. The predicted molar refractivity (Wildman–Crippen MR) is 214 cm³/mol. The molecule has 1 aromatic rings. The molecule has 8 atom stereocenters. The third kappa shape index (κ3) is 8.30. The van der Waals surface area contributed by atoms with E-state index in [-0.39, 0.29) is 54.2 Å². The first-order valence-corrected chi connectivity index (χ1v) is 22.0. The fraction of sp³-hybridized carbons (Fsp3) is 0.773. The smallest absolute Gasteiger partial charge is 0.449 e. The summed E-state index contributed by atoms with van der Waals surface area (Å²) < 4.78 is 25.4. The van der Waals surface area contributed by atoms with Gasteiger partial charge in [-0.2, -0.15) is 0 Å². The lowest BCUT2D eigenvalue weighted by Gasteiger charge is -2.63. The number of hydrogen-bond acceptors (Lipinski definition) is 8. The molecule has 4 amide bonds. The highest BCUT2D eigenvalue weighted by molar-refractivity contribution is 6.48. The van der Waals surface area contributed by atoms with Gasteiger partial charge < -0.3 is 34.3 Å². The molecule has 3 aliphatic heterocycles. The van der Waals surface area contributed by atoms with E-state index in [1.165, 1.54) is 6.42 Å². The van der Waals surface area contributed by atoms with Crippen LogP contribution in [-0.2, 0) is 41.5 Å². The maximum atomic E-state index is 14.9. The molecule has 312 valence electrons. The van der Waals surface area contributed by atoms with Crippen molar-refractivity contribution in [3.8, 4) is 0 Å². The molecule has 0 spiro atoms. The van der Waals surface area contributed by atoms with Crippen molar-refractivity contribution in [1.82, 2.24) is 20.4 Å². The normalized spacial score (nSPS) is 31.7. The monoisotopic (exact) mass is 788 g/mol. The Morgan fingerprint density at radius 1 is 0.947 bits per heavy atom. The average Bonchev–Trinajstić information content (AvgIpc) is 3.88. The van der Waals surface area contributed by atoms with Gasteiger partial charge in [-0.1, -0.05) is 97.4 Å². The summed E-state index contributed by atoms with van der Waals surface area (Å²) >= 11 is 0. The molecule has 5 saturated carbocycles. The molecular weight excluding hydrogens is 723 g/mol. The lowest BCUT2D eigenvalue weighted by molar-refractivity contribution is -0.185. The number of likely N-dealkylation sites (tertiary alicyclic amines) is 1. The van der Waals surface area contributed by atoms with E-state index in [4.69, 9.17) is 18.8 Å². The van der Waals surface area contributed by atoms with Crippen LogP contribution in [0.2, 0.25) is 0 Å². The Balaban J connectivity index is 1.02. The molecule has 0 radical (unpaired) electrons. The zero-order valence-electron chi connectivity index (χ0n) is 35.1. The number of carbonyl (C=O) groups excluding carboxylic acids is 4. The number of rotatable bonds is 10. The second-order valence-corrected chi connectivity index (χ2v) is 20.6. The summed E-state index contributed by atoms with van der Waals surface area (Å²) in [7, 11) is -0.593. The minimum absolute atomic E-state index is 0.0336.